The average Bonchev–Trinajstić information content (AvgIpc) is 3.25. The number of rotatable bonds is 3. The van der Waals surface area contributed by atoms with E-state index in [0.29, 0.717) is 22.0 Å². The van der Waals surface area contributed by atoms with Crippen molar-refractivity contribution in [3.05, 3.63) is 99.8 Å². The third kappa shape index (κ3) is 5.67. The molecule has 4 aromatic rings. The molecule has 1 amide bonds. The summed E-state index contributed by atoms with van der Waals surface area (Å²) in [7, 11) is 0. The van der Waals surface area contributed by atoms with E-state index in [1.165, 1.54) is 47.4 Å². The molecule has 0 saturated heterocycles. The van der Waals surface area contributed by atoms with Crippen LogP contribution >= 0.6 is 11.6 Å². The molecule has 35 heavy (non-hydrogen) atoms. The van der Waals surface area contributed by atoms with E-state index in [0.717, 1.165) is 11.8 Å². The number of nitrogens with one attached hydrogen (secondary N) is 1. The van der Waals surface area contributed by atoms with Crippen LogP contribution in [0, 0.1) is 25.7 Å². The van der Waals surface area contributed by atoms with Gasteiger partial charge in [-0.1, -0.05) is 17.5 Å². The molecule has 2 heterocycles. The van der Waals surface area contributed by atoms with Crippen LogP contribution in [0.3, 0.4) is 0 Å². The molecule has 0 atom stereocenters. The Morgan fingerprint density at radius 2 is 1.80 bits per heavy atom. The molecule has 0 aliphatic rings. The molecule has 0 radical (unpaired) electrons. The monoisotopic (exact) mass is 495 g/mol. The molecule has 10 heteroatoms. The van der Waals surface area contributed by atoms with Crippen molar-refractivity contribution in [3.8, 4) is 17.5 Å². The van der Waals surface area contributed by atoms with Gasteiger partial charge in [0.25, 0.3) is 5.91 Å². The number of anilines is 1. The molecule has 1 N–H and O–H groups in total. The van der Waals surface area contributed by atoms with Crippen molar-refractivity contribution in [2.75, 3.05) is 5.32 Å². The second-order valence-corrected chi connectivity index (χ2v) is 8.02. The van der Waals surface area contributed by atoms with Crippen LogP contribution in [0.1, 0.15) is 38.6 Å². The number of carbonyl (C=O) groups excluding carboxylic acids is 1. The molecule has 0 saturated carbocycles. The van der Waals surface area contributed by atoms with Crippen molar-refractivity contribution in [2.45, 2.75) is 20.0 Å². The van der Waals surface area contributed by atoms with Crippen LogP contribution in [-0.4, -0.2) is 25.7 Å². The van der Waals surface area contributed by atoms with Crippen LogP contribution in [0.25, 0.3) is 5.69 Å². The third-order valence-corrected chi connectivity index (χ3v) is 5.23. The molecular weight excluding hydrogens is 479 g/mol. The topological polar surface area (TPSA) is 72.7 Å². The molecule has 0 fully saturated rings. The number of amides is 1. The van der Waals surface area contributed by atoms with Crippen molar-refractivity contribution in [2.24, 2.45) is 0 Å². The number of aryl methyl sites for hydroxylation is 2. The number of hydrogen-bond acceptors (Lipinski definition) is 4. The van der Waals surface area contributed by atoms with Crippen molar-refractivity contribution in [3.63, 3.8) is 0 Å². The Hall–Kier alpha value is -4.16. The number of alkyl halides is 3. The van der Waals surface area contributed by atoms with E-state index in [9.17, 15) is 18.0 Å². The lowest BCUT2D eigenvalue weighted by Gasteiger charge is -2.15. The van der Waals surface area contributed by atoms with Gasteiger partial charge in [0.1, 0.15) is 5.69 Å². The maximum Gasteiger partial charge on any atom is 0.418 e. The van der Waals surface area contributed by atoms with Crippen LogP contribution in [-0.2, 0) is 6.18 Å². The summed E-state index contributed by atoms with van der Waals surface area (Å²) < 4.78 is 42.5. The maximum atomic E-state index is 13.7. The number of halogens is 4. The zero-order valence-electron chi connectivity index (χ0n) is 18.5. The zero-order valence-corrected chi connectivity index (χ0v) is 19.2. The third-order valence-electron chi connectivity index (χ3n) is 4.90. The number of carbonyl (C=O) groups is 1. The van der Waals surface area contributed by atoms with Crippen LogP contribution in [0.4, 0.5) is 18.9 Å². The van der Waals surface area contributed by atoms with Crippen LogP contribution in [0.2, 0.25) is 5.02 Å². The van der Waals surface area contributed by atoms with Crippen molar-refractivity contribution in [1.29, 1.82) is 0 Å². The van der Waals surface area contributed by atoms with E-state index in [-0.39, 0.29) is 16.9 Å². The number of imidazole rings is 1. The summed E-state index contributed by atoms with van der Waals surface area (Å²) in [5.74, 6) is 5.05. The predicted molar refractivity (Wildman–Crippen MR) is 125 cm³/mol. The van der Waals surface area contributed by atoms with E-state index >= 15 is 0 Å². The first-order chi connectivity index (χ1) is 16.6. The van der Waals surface area contributed by atoms with Gasteiger partial charge in [-0.05, 0) is 68.3 Å². The van der Waals surface area contributed by atoms with Gasteiger partial charge in [-0.15, -0.1) is 5.10 Å². The summed E-state index contributed by atoms with van der Waals surface area (Å²) in [6, 6.07) is 11.4. The Labute approximate surface area is 203 Å². The molecule has 2 aromatic heterocycles. The van der Waals surface area contributed by atoms with Crippen molar-refractivity contribution < 1.29 is 18.0 Å². The molecule has 176 valence electrons. The van der Waals surface area contributed by atoms with E-state index in [2.05, 4.69) is 32.3 Å². The highest BCUT2D eigenvalue weighted by atomic mass is 35.5. The first kappa shape index (κ1) is 24.0. The lowest BCUT2D eigenvalue weighted by molar-refractivity contribution is -0.137. The number of nitrogens with zero attached hydrogens (tertiary/aromatic N) is 4. The van der Waals surface area contributed by atoms with Crippen molar-refractivity contribution in [1.82, 2.24) is 19.7 Å². The highest BCUT2D eigenvalue weighted by Gasteiger charge is 2.34. The summed E-state index contributed by atoms with van der Waals surface area (Å²) in [6.45, 7) is 3.48. The normalized spacial score (nSPS) is 11.0. The summed E-state index contributed by atoms with van der Waals surface area (Å²) in [4.78, 5) is 16.8. The van der Waals surface area contributed by atoms with Gasteiger partial charge < -0.3 is 9.88 Å². The molecule has 4 rings (SSSR count). The fourth-order valence-corrected chi connectivity index (χ4v) is 3.35. The Bertz CT molecular complexity index is 1470. The summed E-state index contributed by atoms with van der Waals surface area (Å²) >= 11 is 6.20. The smallest absolute Gasteiger partial charge is 0.322 e. The SMILES string of the molecule is Cc1cn(-c2ccc(NC(=O)c3ccc(Cl)c(C#Cc4ccc(C)nn4)c3)cc2C(F)(F)F)cn1. The highest BCUT2D eigenvalue weighted by Crippen LogP contribution is 2.36. The summed E-state index contributed by atoms with van der Waals surface area (Å²) in [5, 5.41) is 10.7. The average molecular weight is 496 g/mol. The molecule has 0 spiro atoms. The van der Waals surface area contributed by atoms with Gasteiger partial charge in [0.05, 0.1) is 34.0 Å². The van der Waals surface area contributed by atoms with E-state index in [1.54, 1.807) is 26.0 Å². The first-order valence-corrected chi connectivity index (χ1v) is 10.6. The maximum absolute atomic E-state index is 13.7. The number of aromatic nitrogens is 4. The van der Waals surface area contributed by atoms with Gasteiger partial charge in [0.15, 0.2) is 0 Å². The van der Waals surface area contributed by atoms with Gasteiger partial charge in [-0.2, -0.15) is 18.3 Å². The van der Waals surface area contributed by atoms with Gasteiger partial charge in [-0.3, -0.25) is 4.79 Å². The molecule has 0 bridgehead atoms. The zero-order chi connectivity index (χ0) is 25.2. The van der Waals surface area contributed by atoms with Crippen molar-refractivity contribution >= 4 is 23.2 Å². The fourth-order valence-electron chi connectivity index (χ4n) is 3.18. The first-order valence-electron chi connectivity index (χ1n) is 10.3. The van der Waals surface area contributed by atoms with Crippen LogP contribution in [0.5, 0.6) is 0 Å². The van der Waals surface area contributed by atoms with Crippen LogP contribution in [0.15, 0.2) is 61.1 Å². The van der Waals surface area contributed by atoms with Gasteiger partial charge in [-0.25, -0.2) is 4.98 Å². The Morgan fingerprint density at radius 3 is 2.46 bits per heavy atom. The van der Waals surface area contributed by atoms with Gasteiger partial charge >= 0.3 is 6.18 Å². The summed E-state index contributed by atoms with van der Waals surface area (Å²) in [6.07, 6.45) is -1.85. The minimum absolute atomic E-state index is 0.0135. The Morgan fingerprint density at radius 1 is 1.00 bits per heavy atom. The second-order valence-electron chi connectivity index (χ2n) is 7.61. The minimum atomic E-state index is -4.64. The molecule has 0 unspecified atom stereocenters. The Kier molecular flexibility index (Phi) is 6.58. The lowest BCUT2D eigenvalue weighted by Crippen LogP contribution is -2.15. The quantitative estimate of drug-likeness (QED) is 0.375. The lowest BCUT2D eigenvalue weighted by atomic mass is 10.1. The summed E-state index contributed by atoms with van der Waals surface area (Å²) in [5.41, 5.74) is 1.27. The molecule has 0 aliphatic carbocycles. The van der Waals surface area contributed by atoms with E-state index in [4.69, 9.17) is 11.6 Å². The second kappa shape index (κ2) is 9.60. The highest BCUT2D eigenvalue weighted by molar-refractivity contribution is 6.32. The molecule has 6 nitrogen and oxygen atoms in total. The largest absolute Gasteiger partial charge is 0.418 e. The predicted octanol–water partition coefficient (Wildman–Crippen LogP) is 5.60. The van der Waals surface area contributed by atoms with Gasteiger partial charge in [0, 0.05) is 23.0 Å². The molecular formula is C25H17ClF3N5O. The van der Waals surface area contributed by atoms with E-state index < -0.39 is 17.6 Å². The molecule has 0 aliphatic heterocycles. The molecule has 2 aromatic carbocycles. The number of benzene rings is 2. The van der Waals surface area contributed by atoms with Crippen LogP contribution < -0.4 is 5.32 Å². The van der Waals surface area contributed by atoms with Gasteiger partial charge in [0.2, 0.25) is 0 Å². The van der Waals surface area contributed by atoms with E-state index in [1.807, 2.05) is 0 Å². The standard InChI is InChI=1S/C25H17ClF3N5O/c1-15-3-6-19(33-32-15)7-4-17-11-18(5-9-22(17)26)24(35)31-20-8-10-23(21(12-20)25(27,28)29)34-13-16(2)30-14-34/h3,5-6,8-14H,1-2H3,(H,31,35). The minimum Gasteiger partial charge on any atom is -0.322 e. The Balaban J connectivity index is 1.60. The number of hydrogen-bond donors (Lipinski definition) is 1. The fraction of sp³-hybridized carbons (Fsp3) is 0.120.